The lowest BCUT2D eigenvalue weighted by atomic mass is 9.85. The SMILES string of the molecule is Cc1cc(OP(O)Oc2ccccc2)c(C(C)(C)C)cc1Sc1cc(C)c(O)c(C(C)(C)C)c1. The van der Waals surface area contributed by atoms with Crippen LogP contribution >= 0.6 is 20.4 Å². The van der Waals surface area contributed by atoms with E-state index in [1.165, 1.54) is 0 Å². The van der Waals surface area contributed by atoms with Crippen molar-refractivity contribution in [1.29, 1.82) is 0 Å². The summed E-state index contributed by atoms with van der Waals surface area (Å²) in [5.41, 5.74) is 3.47. The number of aryl methyl sites for hydroxylation is 2. The topological polar surface area (TPSA) is 58.9 Å². The molecule has 1 atom stereocenters. The van der Waals surface area contributed by atoms with Crippen molar-refractivity contribution in [3.8, 4) is 17.2 Å². The Hall–Kier alpha value is -2.20. The third-order valence-electron chi connectivity index (χ3n) is 5.50. The van der Waals surface area contributed by atoms with Crippen LogP contribution in [0.1, 0.15) is 63.8 Å². The second kappa shape index (κ2) is 10.2. The molecule has 2 N–H and O–H groups in total. The van der Waals surface area contributed by atoms with Gasteiger partial charge in [-0.3, -0.25) is 0 Å². The van der Waals surface area contributed by atoms with Gasteiger partial charge in [0.1, 0.15) is 17.2 Å². The molecule has 0 aliphatic rings. The molecular weight excluding hydrogens is 463 g/mol. The Kier molecular flexibility index (Phi) is 7.92. The summed E-state index contributed by atoms with van der Waals surface area (Å²) >= 11 is 1.67. The second-order valence-corrected chi connectivity index (χ2v) is 12.5. The van der Waals surface area contributed by atoms with Gasteiger partial charge < -0.3 is 19.0 Å². The van der Waals surface area contributed by atoms with Gasteiger partial charge >= 0.3 is 8.60 Å². The van der Waals surface area contributed by atoms with Crippen LogP contribution in [-0.4, -0.2) is 10.00 Å². The molecule has 4 nitrogen and oxygen atoms in total. The molecule has 0 saturated heterocycles. The van der Waals surface area contributed by atoms with E-state index in [-0.39, 0.29) is 10.8 Å². The van der Waals surface area contributed by atoms with Crippen LogP contribution in [0.5, 0.6) is 17.2 Å². The molecule has 0 fully saturated rings. The predicted molar refractivity (Wildman–Crippen MR) is 142 cm³/mol. The Morgan fingerprint density at radius 2 is 1.38 bits per heavy atom. The van der Waals surface area contributed by atoms with E-state index in [0.717, 1.165) is 32.0 Å². The highest BCUT2D eigenvalue weighted by atomic mass is 32.2. The Bertz CT molecular complexity index is 1150. The summed E-state index contributed by atoms with van der Waals surface area (Å²) < 4.78 is 11.5. The van der Waals surface area contributed by atoms with E-state index in [9.17, 15) is 10.00 Å². The first-order valence-corrected chi connectivity index (χ1v) is 13.3. The van der Waals surface area contributed by atoms with Crippen LogP contribution in [0, 0.1) is 13.8 Å². The van der Waals surface area contributed by atoms with Crippen molar-refractivity contribution in [2.45, 2.75) is 76.0 Å². The lowest BCUT2D eigenvalue weighted by Gasteiger charge is -2.26. The van der Waals surface area contributed by atoms with Gasteiger partial charge in [-0.15, -0.1) is 0 Å². The molecule has 0 spiro atoms. The molecule has 0 aromatic heterocycles. The summed E-state index contributed by atoms with van der Waals surface area (Å²) in [6.07, 6.45) is 0. The Labute approximate surface area is 209 Å². The molecule has 0 saturated carbocycles. The van der Waals surface area contributed by atoms with E-state index in [0.29, 0.717) is 17.2 Å². The maximum Gasteiger partial charge on any atom is 0.460 e. The Morgan fingerprint density at radius 3 is 1.97 bits per heavy atom. The molecule has 3 aromatic carbocycles. The lowest BCUT2D eigenvalue weighted by Crippen LogP contribution is -2.14. The van der Waals surface area contributed by atoms with E-state index in [1.807, 2.05) is 44.2 Å². The number of benzene rings is 3. The summed E-state index contributed by atoms with van der Waals surface area (Å²) in [6.45, 7) is 16.7. The normalized spacial score (nSPS) is 13.0. The zero-order chi connectivity index (χ0) is 25.3. The van der Waals surface area contributed by atoms with Gasteiger partial charge in [0.25, 0.3) is 0 Å². The molecule has 0 bridgehead atoms. The van der Waals surface area contributed by atoms with E-state index in [1.54, 1.807) is 23.9 Å². The lowest BCUT2D eigenvalue weighted by molar-refractivity contribution is 0.376. The minimum Gasteiger partial charge on any atom is -0.507 e. The number of rotatable bonds is 6. The highest BCUT2D eigenvalue weighted by Gasteiger charge is 2.25. The average Bonchev–Trinajstić information content (AvgIpc) is 2.71. The van der Waals surface area contributed by atoms with Gasteiger partial charge in [0.15, 0.2) is 0 Å². The van der Waals surface area contributed by atoms with Crippen molar-refractivity contribution in [1.82, 2.24) is 0 Å². The maximum atomic E-state index is 10.6. The fourth-order valence-electron chi connectivity index (χ4n) is 3.61. The van der Waals surface area contributed by atoms with Crippen molar-refractivity contribution < 1.29 is 19.0 Å². The predicted octanol–water partition coefficient (Wildman–Crippen LogP) is 8.43. The number of phenolic OH excluding ortho intramolecular Hbond substituents is 1. The van der Waals surface area contributed by atoms with Crippen molar-refractivity contribution in [2.24, 2.45) is 0 Å². The number of aromatic hydroxyl groups is 1. The summed E-state index contributed by atoms with van der Waals surface area (Å²) in [5, 5.41) is 10.6. The summed E-state index contributed by atoms with van der Waals surface area (Å²) in [7, 11) is -2.13. The minimum atomic E-state index is -2.13. The smallest absolute Gasteiger partial charge is 0.460 e. The van der Waals surface area contributed by atoms with Crippen molar-refractivity contribution >= 4 is 20.4 Å². The Balaban J connectivity index is 1.94. The van der Waals surface area contributed by atoms with Crippen molar-refractivity contribution in [2.75, 3.05) is 0 Å². The van der Waals surface area contributed by atoms with Crippen LogP contribution in [0.3, 0.4) is 0 Å². The van der Waals surface area contributed by atoms with Crippen molar-refractivity contribution in [3.05, 3.63) is 76.9 Å². The fraction of sp³-hybridized carbons (Fsp3) is 0.357. The van der Waals surface area contributed by atoms with Crippen LogP contribution < -0.4 is 9.05 Å². The zero-order valence-corrected chi connectivity index (χ0v) is 23.0. The molecule has 0 aliphatic heterocycles. The molecule has 6 heteroatoms. The summed E-state index contributed by atoms with van der Waals surface area (Å²) in [4.78, 5) is 12.7. The van der Waals surface area contributed by atoms with Crippen LogP contribution in [0.25, 0.3) is 0 Å². The summed E-state index contributed by atoms with van der Waals surface area (Å²) in [6, 6.07) is 17.4. The molecule has 182 valence electrons. The van der Waals surface area contributed by atoms with Gasteiger partial charge in [-0.25, -0.2) is 0 Å². The molecule has 0 amide bonds. The highest BCUT2D eigenvalue weighted by Crippen LogP contribution is 2.45. The number of para-hydroxylation sites is 1. The largest absolute Gasteiger partial charge is 0.507 e. The molecule has 3 aromatic rings. The summed E-state index contributed by atoms with van der Waals surface area (Å²) in [5.74, 6) is 1.55. The molecule has 1 unspecified atom stereocenters. The van der Waals surface area contributed by atoms with Gasteiger partial charge in [0.05, 0.1) is 0 Å². The van der Waals surface area contributed by atoms with Gasteiger partial charge in [0, 0.05) is 20.9 Å². The molecule has 3 rings (SSSR count). The van der Waals surface area contributed by atoms with Crippen LogP contribution in [0.15, 0.2) is 64.4 Å². The van der Waals surface area contributed by atoms with Crippen LogP contribution in [0.2, 0.25) is 0 Å². The maximum absolute atomic E-state index is 10.6. The molecular formula is C28H35O4PS. The van der Waals surface area contributed by atoms with Gasteiger partial charge in [-0.1, -0.05) is 71.5 Å². The van der Waals surface area contributed by atoms with E-state index in [2.05, 4.69) is 53.7 Å². The van der Waals surface area contributed by atoms with E-state index < -0.39 is 8.60 Å². The third kappa shape index (κ3) is 6.47. The zero-order valence-electron chi connectivity index (χ0n) is 21.3. The third-order valence-corrected chi connectivity index (χ3v) is 7.35. The highest BCUT2D eigenvalue weighted by molar-refractivity contribution is 7.99. The molecule has 34 heavy (non-hydrogen) atoms. The van der Waals surface area contributed by atoms with Crippen LogP contribution in [-0.2, 0) is 10.8 Å². The fourth-order valence-corrected chi connectivity index (χ4v) is 5.33. The number of hydrogen-bond acceptors (Lipinski definition) is 5. The van der Waals surface area contributed by atoms with Gasteiger partial charge in [0.2, 0.25) is 0 Å². The standard InChI is InChI=1S/C28H35O4PS/c1-18-15-24(32-33(30)31-20-12-10-9-11-13-20)22(27(3,4)5)17-25(18)34-21-14-19(2)26(29)23(16-21)28(6,7)8/h9-17,29-30H,1-8H3. The first-order chi connectivity index (χ1) is 15.8. The minimum absolute atomic E-state index is 0.161. The van der Waals surface area contributed by atoms with Gasteiger partial charge in [-0.05, 0) is 72.2 Å². The van der Waals surface area contributed by atoms with Crippen molar-refractivity contribution in [3.63, 3.8) is 0 Å². The quantitative estimate of drug-likeness (QED) is 0.334. The van der Waals surface area contributed by atoms with E-state index in [4.69, 9.17) is 9.05 Å². The van der Waals surface area contributed by atoms with Gasteiger partial charge in [-0.2, -0.15) is 0 Å². The van der Waals surface area contributed by atoms with E-state index >= 15 is 0 Å². The molecule has 0 radical (unpaired) electrons. The monoisotopic (exact) mass is 498 g/mol. The first kappa shape index (κ1) is 26.4. The second-order valence-electron chi connectivity index (χ2n) is 10.6. The molecule has 0 heterocycles. The number of hydrogen-bond donors (Lipinski definition) is 2. The number of phenols is 1. The average molecular weight is 499 g/mol. The Morgan fingerprint density at radius 1 is 0.765 bits per heavy atom. The molecule has 0 aliphatic carbocycles. The van der Waals surface area contributed by atoms with Crippen LogP contribution in [0.4, 0.5) is 0 Å². The first-order valence-electron chi connectivity index (χ1n) is 11.3.